The molecule has 0 bridgehead atoms. The van der Waals surface area contributed by atoms with Crippen LogP contribution in [0.3, 0.4) is 0 Å². The lowest BCUT2D eigenvalue weighted by Gasteiger charge is -2.36. The van der Waals surface area contributed by atoms with Crippen molar-refractivity contribution in [1.82, 2.24) is 4.31 Å². The first-order valence-electron chi connectivity index (χ1n) is 7.85. The van der Waals surface area contributed by atoms with Gasteiger partial charge in [0.15, 0.2) is 16.1 Å². The molecule has 0 aromatic heterocycles. The summed E-state index contributed by atoms with van der Waals surface area (Å²) in [6, 6.07) is 4.98. The molecular weight excluding hydrogens is 354 g/mol. The van der Waals surface area contributed by atoms with E-state index in [1.165, 1.54) is 28.6 Å². The van der Waals surface area contributed by atoms with E-state index in [2.05, 4.69) is 0 Å². The van der Waals surface area contributed by atoms with E-state index in [0.717, 1.165) is 19.1 Å². The Kier molecular flexibility index (Phi) is 4.99. The summed E-state index contributed by atoms with van der Waals surface area (Å²) in [7, 11) is -7.09. The first-order valence-corrected chi connectivity index (χ1v) is 11.2. The molecular formula is C15H21NO6S2. The number of nitrogens with zero attached hydrogens (tertiary/aromatic N) is 1. The fourth-order valence-electron chi connectivity index (χ4n) is 3.09. The van der Waals surface area contributed by atoms with Gasteiger partial charge in [-0.25, -0.2) is 16.8 Å². The zero-order chi connectivity index (χ0) is 17.4. The summed E-state index contributed by atoms with van der Waals surface area (Å²) in [6.45, 7) is 1.35. The average Bonchev–Trinajstić information content (AvgIpc) is 3.08. The quantitative estimate of drug-likeness (QED) is 0.780. The third-order valence-electron chi connectivity index (χ3n) is 4.32. The molecule has 0 radical (unpaired) electrons. The lowest BCUT2D eigenvalue weighted by molar-refractivity contribution is -0.0913. The number of piperidine rings is 1. The number of ether oxygens (including phenoxy) is 2. The van der Waals surface area contributed by atoms with Gasteiger partial charge in [-0.3, -0.25) is 0 Å². The van der Waals surface area contributed by atoms with Gasteiger partial charge in [0.1, 0.15) is 0 Å². The van der Waals surface area contributed by atoms with Crippen LogP contribution >= 0.6 is 0 Å². The van der Waals surface area contributed by atoms with E-state index in [1.54, 1.807) is 0 Å². The fourth-order valence-corrected chi connectivity index (χ4v) is 5.41. The van der Waals surface area contributed by atoms with E-state index < -0.39 is 26.2 Å². The highest BCUT2D eigenvalue weighted by atomic mass is 32.2. The van der Waals surface area contributed by atoms with Gasteiger partial charge in [-0.15, -0.1) is 0 Å². The molecule has 2 saturated heterocycles. The lowest BCUT2D eigenvalue weighted by atomic mass is 10.0. The highest BCUT2D eigenvalue weighted by molar-refractivity contribution is 7.90. The minimum atomic E-state index is -3.73. The summed E-state index contributed by atoms with van der Waals surface area (Å²) in [4.78, 5) is 0.180. The van der Waals surface area contributed by atoms with Crippen molar-refractivity contribution < 1.29 is 26.3 Å². The van der Waals surface area contributed by atoms with E-state index in [-0.39, 0.29) is 15.8 Å². The summed E-state index contributed by atoms with van der Waals surface area (Å²) >= 11 is 0. The molecule has 1 atom stereocenters. The Morgan fingerprint density at radius 2 is 1.54 bits per heavy atom. The van der Waals surface area contributed by atoms with Crippen molar-refractivity contribution in [3.05, 3.63) is 24.3 Å². The monoisotopic (exact) mass is 375 g/mol. The topological polar surface area (TPSA) is 90.0 Å². The fraction of sp³-hybridized carbons (Fsp3) is 0.600. The Balaban J connectivity index is 1.90. The van der Waals surface area contributed by atoms with Crippen LogP contribution in [0.2, 0.25) is 0 Å². The first kappa shape index (κ1) is 17.8. The number of rotatable bonds is 4. The summed E-state index contributed by atoms with van der Waals surface area (Å²) in [5.74, 6) is 0. The summed E-state index contributed by atoms with van der Waals surface area (Å²) in [5, 5.41) is 0. The van der Waals surface area contributed by atoms with Crippen molar-refractivity contribution in [1.29, 1.82) is 0 Å². The Hall–Kier alpha value is -1.00. The van der Waals surface area contributed by atoms with Gasteiger partial charge in [0.2, 0.25) is 10.0 Å². The highest BCUT2D eigenvalue weighted by Gasteiger charge is 2.40. The van der Waals surface area contributed by atoms with Crippen LogP contribution in [0.4, 0.5) is 0 Å². The average molecular weight is 375 g/mol. The predicted octanol–water partition coefficient (Wildman–Crippen LogP) is 1.01. The minimum Gasteiger partial charge on any atom is -0.349 e. The molecule has 2 aliphatic heterocycles. The van der Waals surface area contributed by atoms with Crippen molar-refractivity contribution in [3.8, 4) is 0 Å². The van der Waals surface area contributed by atoms with Gasteiger partial charge in [0.25, 0.3) is 0 Å². The van der Waals surface area contributed by atoms with Crippen LogP contribution in [0.15, 0.2) is 34.1 Å². The van der Waals surface area contributed by atoms with Crippen molar-refractivity contribution in [2.45, 2.75) is 41.4 Å². The van der Waals surface area contributed by atoms with Crippen molar-refractivity contribution in [2.75, 3.05) is 26.0 Å². The van der Waals surface area contributed by atoms with Crippen LogP contribution in [0.1, 0.15) is 19.3 Å². The Labute approximate surface area is 142 Å². The number of sulfone groups is 1. The molecule has 24 heavy (non-hydrogen) atoms. The minimum absolute atomic E-state index is 0.0831. The summed E-state index contributed by atoms with van der Waals surface area (Å²) in [5.41, 5.74) is 0. The molecule has 0 saturated carbocycles. The third-order valence-corrected chi connectivity index (χ3v) is 7.39. The zero-order valence-corrected chi connectivity index (χ0v) is 15.1. The number of benzene rings is 1. The van der Waals surface area contributed by atoms with E-state index >= 15 is 0 Å². The number of hydrogen-bond donors (Lipinski definition) is 0. The molecule has 2 heterocycles. The SMILES string of the molecule is CS(=O)(=O)c1ccc(S(=O)(=O)N2CCCC[C@H]2C2OCCO2)cc1. The lowest BCUT2D eigenvalue weighted by Crippen LogP contribution is -2.50. The molecule has 7 nitrogen and oxygen atoms in total. The van der Waals surface area contributed by atoms with Crippen LogP contribution in [-0.2, 0) is 29.3 Å². The highest BCUT2D eigenvalue weighted by Crippen LogP contribution is 2.30. The molecule has 2 fully saturated rings. The molecule has 0 amide bonds. The second-order valence-corrected chi connectivity index (χ2v) is 9.94. The second-order valence-electron chi connectivity index (χ2n) is 6.03. The predicted molar refractivity (Wildman–Crippen MR) is 86.8 cm³/mol. The van der Waals surface area contributed by atoms with Crippen LogP contribution in [0.5, 0.6) is 0 Å². The third kappa shape index (κ3) is 3.50. The van der Waals surface area contributed by atoms with Crippen LogP contribution in [0.25, 0.3) is 0 Å². The van der Waals surface area contributed by atoms with Gasteiger partial charge < -0.3 is 9.47 Å². The van der Waals surface area contributed by atoms with Gasteiger partial charge >= 0.3 is 0 Å². The van der Waals surface area contributed by atoms with Gasteiger partial charge in [-0.1, -0.05) is 6.42 Å². The van der Waals surface area contributed by atoms with E-state index in [0.29, 0.717) is 26.2 Å². The Bertz CT molecular complexity index is 782. The molecule has 134 valence electrons. The molecule has 1 aromatic carbocycles. The molecule has 2 aliphatic rings. The van der Waals surface area contributed by atoms with Crippen LogP contribution in [-0.4, -0.2) is 59.5 Å². The van der Waals surface area contributed by atoms with Crippen LogP contribution < -0.4 is 0 Å². The van der Waals surface area contributed by atoms with Gasteiger partial charge in [0, 0.05) is 12.8 Å². The standard InChI is InChI=1S/C15H21NO6S2/c1-23(17,18)12-5-7-13(8-6-12)24(19,20)16-9-3-2-4-14(16)15-21-10-11-22-15/h5-8,14-15H,2-4,9-11H2,1H3/t14-/m0/s1. The molecule has 0 N–H and O–H groups in total. The molecule has 0 unspecified atom stereocenters. The van der Waals surface area contributed by atoms with Crippen LogP contribution in [0, 0.1) is 0 Å². The van der Waals surface area contributed by atoms with Crippen molar-refractivity contribution >= 4 is 19.9 Å². The maximum absolute atomic E-state index is 13.0. The van der Waals surface area contributed by atoms with E-state index in [1.807, 2.05) is 0 Å². The smallest absolute Gasteiger partial charge is 0.243 e. The maximum atomic E-state index is 13.0. The van der Waals surface area contributed by atoms with Gasteiger partial charge in [-0.2, -0.15) is 4.31 Å². The molecule has 3 rings (SSSR count). The molecule has 0 spiro atoms. The summed E-state index contributed by atoms with van der Waals surface area (Å²) in [6.07, 6.45) is 2.95. The molecule has 1 aromatic rings. The van der Waals surface area contributed by atoms with Crippen molar-refractivity contribution in [2.24, 2.45) is 0 Å². The Morgan fingerprint density at radius 1 is 0.958 bits per heavy atom. The van der Waals surface area contributed by atoms with Gasteiger partial charge in [0.05, 0.1) is 29.0 Å². The maximum Gasteiger partial charge on any atom is 0.243 e. The van der Waals surface area contributed by atoms with E-state index in [4.69, 9.17) is 9.47 Å². The summed E-state index contributed by atoms with van der Waals surface area (Å²) < 4.78 is 61.5. The molecule has 0 aliphatic carbocycles. The normalized spacial score (nSPS) is 24.3. The second kappa shape index (κ2) is 6.72. The van der Waals surface area contributed by atoms with Gasteiger partial charge in [-0.05, 0) is 37.1 Å². The zero-order valence-electron chi connectivity index (χ0n) is 13.4. The first-order chi connectivity index (χ1) is 11.3. The molecule has 9 heteroatoms. The Morgan fingerprint density at radius 3 is 2.12 bits per heavy atom. The van der Waals surface area contributed by atoms with Crippen molar-refractivity contribution in [3.63, 3.8) is 0 Å². The van der Waals surface area contributed by atoms with E-state index in [9.17, 15) is 16.8 Å². The number of hydrogen-bond acceptors (Lipinski definition) is 6. The number of sulfonamides is 1. The largest absolute Gasteiger partial charge is 0.349 e.